The van der Waals surface area contributed by atoms with Crippen LogP contribution in [0.5, 0.6) is 0 Å². The molecule has 2 amide bonds. The Morgan fingerprint density at radius 2 is 2.29 bits per heavy atom. The molecule has 0 saturated carbocycles. The van der Waals surface area contributed by atoms with Crippen LogP contribution in [0.2, 0.25) is 0 Å². The van der Waals surface area contributed by atoms with Crippen LogP contribution < -0.4 is 10.6 Å². The van der Waals surface area contributed by atoms with Gasteiger partial charge in [-0.2, -0.15) is 0 Å². The van der Waals surface area contributed by atoms with Crippen molar-refractivity contribution >= 4 is 22.0 Å². The van der Waals surface area contributed by atoms with E-state index in [1.807, 2.05) is 31.2 Å². The van der Waals surface area contributed by atoms with Crippen molar-refractivity contribution in [3.8, 4) is 0 Å². The minimum absolute atomic E-state index is 0.104. The lowest BCUT2D eigenvalue weighted by molar-refractivity contribution is 0.245. The molecule has 1 aliphatic rings. The Hall–Kier alpha value is -1.03. The second-order valence-electron chi connectivity index (χ2n) is 3.65. The summed E-state index contributed by atoms with van der Waals surface area (Å²) in [5, 5.41) is 5.67. The fourth-order valence-electron chi connectivity index (χ4n) is 1.60. The molecule has 1 saturated heterocycles. The van der Waals surface area contributed by atoms with Crippen molar-refractivity contribution in [2.45, 2.75) is 12.5 Å². The molecule has 0 aliphatic carbocycles. The number of benzene rings is 1. The number of halogens is 1. The van der Waals surface area contributed by atoms with Crippen molar-refractivity contribution in [3.63, 3.8) is 0 Å². The third-order valence-corrected chi connectivity index (χ3v) is 2.95. The molecule has 0 radical (unpaired) electrons. The zero-order valence-corrected chi connectivity index (χ0v) is 9.39. The molecule has 1 heterocycles. The molecule has 1 aromatic rings. The van der Waals surface area contributed by atoms with E-state index in [0.29, 0.717) is 6.54 Å². The van der Waals surface area contributed by atoms with E-state index in [-0.39, 0.29) is 11.6 Å². The molecular weight excluding hydrogens is 244 g/mol. The second kappa shape index (κ2) is 3.28. The lowest BCUT2D eigenvalue weighted by Gasteiger charge is -2.23. The first-order valence-corrected chi connectivity index (χ1v) is 5.21. The van der Waals surface area contributed by atoms with Gasteiger partial charge in [0.05, 0.1) is 5.54 Å². The molecule has 1 aliphatic heterocycles. The van der Waals surface area contributed by atoms with Crippen LogP contribution in [-0.2, 0) is 5.54 Å². The van der Waals surface area contributed by atoms with Gasteiger partial charge in [0.2, 0.25) is 0 Å². The van der Waals surface area contributed by atoms with Crippen molar-refractivity contribution in [2.24, 2.45) is 0 Å². The van der Waals surface area contributed by atoms with E-state index < -0.39 is 0 Å². The molecule has 0 aromatic heterocycles. The Morgan fingerprint density at radius 1 is 1.50 bits per heavy atom. The maximum Gasteiger partial charge on any atom is 0.315 e. The molecule has 4 heteroatoms. The van der Waals surface area contributed by atoms with Gasteiger partial charge in [0.25, 0.3) is 0 Å². The summed E-state index contributed by atoms with van der Waals surface area (Å²) in [6.45, 7) is 2.63. The zero-order valence-electron chi connectivity index (χ0n) is 7.80. The normalized spacial score (nSPS) is 25.7. The first kappa shape index (κ1) is 9.52. The maximum atomic E-state index is 11.1. The third-order valence-electron chi connectivity index (χ3n) is 2.45. The molecule has 1 aromatic carbocycles. The van der Waals surface area contributed by atoms with Gasteiger partial charge in [0.15, 0.2) is 0 Å². The van der Waals surface area contributed by atoms with Gasteiger partial charge in [0, 0.05) is 11.0 Å². The largest absolute Gasteiger partial charge is 0.335 e. The SMILES string of the molecule is CC1(c2cccc(Br)c2)CNC(=O)N1. The topological polar surface area (TPSA) is 41.1 Å². The van der Waals surface area contributed by atoms with Gasteiger partial charge in [-0.3, -0.25) is 0 Å². The van der Waals surface area contributed by atoms with E-state index in [1.54, 1.807) is 0 Å². The number of hydrogen-bond donors (Lipinski definition) is 2. The van der Waals surface area contributed by atoms with Crippen LogP contribution in [0.1, 0.15) is 12.5 Å². The molecular formula is C10H11BrN2O. The van der Waals surface area contributed by atoms with E-state index in [0.717, 1.165) is 10.0 Å². The first-order valence-electron chi connectivity index (χ1n) is 4.42. The van der Waals surface area contributed by atoms with Crippen molar-refractivity contribution in [3.05, 3.63) is 34.3 Å². The number of rotatable bonds is 1. The van der Waals surface area contributed by atoms with E-state index in [2.05, 4.69) is 26.6 Å². The lowest BCUT2D eigenvalue weighted by atomic mass is 9.93. The molecule has 2 rings (SSSR count). The Labute approximate surface area is 91.0 Å². The summed E-state index contributed by atoms with van der Waals surface area (Å²) < 4.78 is 1.03. The standard InChI is InChI=1S/C10H11BrN2O/c1-10(6-12-9(14)13-10)7-3-2-4-8(11)5-7/h2-5H,6H2,1H3,(H2,12,13,14). The van der Waals surface area contributed by atoms with Gasteiger partial charge < -0.3 is 10.6 Å². The number of urea groups is 1. The lowest BCUT2D eigenvalue weighted by Crippen LogP contribution is -2.37. The van der Waals surface area contributed by atoms with Gasteiger partial charge in [-0.1, -0.05) is 28.1 Å². The number of amides is 2. The summed E-state index contributed by atoms with van der Waals surface area (Å²) in [4.78, 5) is 11.1. The van der Waals surface area contributed by atoms with Gasteiger partial charge in [-0.05, 0) is 24.6 Å². The monoisotopic (exact) mass is 254 g/mol. The Morgan fingerprint density at radius 3 is 2.86 bits per heavy atom. The highest BCUT2D eigenvalue weighted by Gasteiger charge is 2.34. The fraction of sp³-hybridized carbons (Fsp3) is 0.300. The molecule has 0 spiro atoms. The van der Waals surface area contributed by atoms with Crippen LogP contribution >= 0.6 is 15.9 Å². The highest BCUT2D eigenvalue weighted by Crippen LogP contribution is 2.25. The summed E-state index contributed by atoms with van der Waals surface area (Å²) in [6, 6.07) is 7.87. The van der Waals surface area contributed by atoms with Crippen molar-refractivity contribution < 1.29 is 4.79 Å². The number of carbonyl (C=O) groups excluding carboxylic acids is 1. The van der Waals surface area contributed by atoms with Gasteiger partial charge in [-0.25, -0.2) is 4.79 Å². The van der Waals surface area contributed by atoms with Crippen LogP contribution in [0.25, 0.3) is 0 Å². The Balaban J connectivity index is 2.34. The van der Waals surface area contributed by atoms with E-state index >= 15 is 0 Å². The van der Waals surface area contributed by atoms with Gasteiger partial charge >= 0.3 is 6.03 Å². The summed E-state index contributed by atoms with van der Waals surface area (Å²) in [7, 11) is 0. The first-order chi connectivity index (χ1) is 6.60. The van der Waals surface area contributed by atoms with Crippen molar-refractivity contribution in [2.75, 3.05) is 6.54 Å². The van der Waals surface area contributed by atoms with Crippen molar-refractivity contribution in [1.29, 1.82) is 0 Å². The minimum Gasteiger partial charge on any atom is -0.335 e. The minimum atomic E-state index is -0.291. The van der Waals surface area contributed by atoms with E-state index in [4.69, 9.17) is 0 Å². The predicted molar refractivity (Wildman–Crippen MR) is 58.0 cm³/mol. The molecule has 1 fully saturated rings. The van der Waals surface area contributed by atoms with E-state index in [9.17, 15) is 4.79 Å². The molecule has 2 N–H and O–H groups in total. The average molecular weight is 255 g/mol. The molecule has 0 bridgehead atoms. The molecule has 74 valence electrons. The second-order valence-corrected chi connectivity index (χ2v) is 4.57. The van der Waals surface area contributed by atoms with Crippen LogP contribution in [0, 0.1) is 0 Å². The van der Waals surface area contributed by atoms with Crippen LogP contribution in [0.3, 0.4) is 0 Å². The molecule has 3 nitrogen and oxygen atoms in total. The highest BCUT2D eigenvalue weighted by atomic mass is 79.9. The summed E-state index contributed by atoms with van der Waals surface area (Å²) in [5.41, 5.74) is 0.811. The number of nitrogens with one attached hydrogen (secondary N) is 2. The average Bonchev–Trinajstić information content (AvgIpc) is 2.48. The van der Waals surface area contributed by atoms with Crippen LogP contribution in [0.15, 0.2) is 28.7 Å². The highest BCUT2D eigenvalue weighted by molar-refractivity contribution is 9.10. The fourth-order valence-corrected chi connectivity index (χ4v) is 2.00. The molecule has 1 unspecified atom stereocenters. The zero-order chi connectivity index (χ0) is 10.2. The van der Waals surface area contributed by atoms with Gasteiger partial charge in [0.1, 0.15) is 0 Å². The summed E-state index contributed by atoms with van der Waals surface area (Å²) in [6.07, 6.45) is 0. The predicted octanol–water partition coefficient (Wildman–Crippen LogP) is 1.98. The van der Waals surface area contributed by atoms with Gasteiger partial charge in [-0.15, -0.1) is 0 Å². The van der Waals surface area contributed by atoms with E-state index in [1.165, 1.54) is 0 Å². The number of carbonyl (C=O) groups is 1. The summed E-state index contributed by atoms with van der Waals surface area (Å²) in [5.74, 6) is 0. The third kappa shape index (κ3) is 1.62. The molecule has 1 atom stereocenters. The quantitative estimate of drug-likeness (QED) is 0.791. The van der Waals surface area contributed by atoms with Crippen LogP contribution in [-0.4, -0.2) is 12.6 Å². The maximum absolute atomic E-state index is 11.1. The smallest absolute Gasteiger partial charge is 0.315 e. The summed E-state index contributed by atoms with van der Waals surface area (Å²) >= 11 is 3.42. The van der Waals surface area contributed by atoms with Crippen molar-refractivity contribution in [1.82, 2.24) is 10.6 Å². The Kier molecular flexibility index (Phi) is 2.23. The Bertz CT molecular complexity index is 380. The number of hydrogen-bond acceptors (Lipinski definition) is 1. The molecule has 14 heavy (non-hydrogen) atoms. The van der Waals surface area contributed by atoms with Crippen LogP contribution in [0.4, 0.5) is 4.79 Å².